The van der Waals surface area contributed by atoms with Crippen molar-refractivity contribution in [1.29, 1.82) is 0 Å². The molecule has 126 valence electrons. The number of carbonyl (C=O) groups excluding carboxylic acids is 2. The monoisotopic (exact) mass is 331 g/mol. The van der Waals surface area contributed by atoms with Crippen LogP contribution < -0.4 is 10.6 Å². The topological polar surface area (TPSA) is 88.9 Å². The van der Waals surface area contributed by atoms with Crippen LogP contribution in [0.4, 0.5) is 4.39 Å². The smallest absolute Gasteiger partial charge is 0.251 e. The Kier molecular flexibility index (Phi) is 4.83. The Bertz CT molecular complexity index is 724. The number of hydrogen-bond acceptors (Lipinski definition) is 4. The molecule has 1 aromatic heterocycles. The van der Waals surface area contributed by atoms with Gasteiger partial charge in [0.05, 0.1) is 25.3 Å². The molecule has 3 rings (SSSR count). The van der Waals surface area contributed by atoms with Crippen molar-refractivity contribution in [2.24, 2.45) is 0 Å². The van der Waals surface area contributed by atoms with Crippen LogP contribution in [-0.4, -0.2) is 33.4 Å². The molecule has 1 aromatic carbocycles. The van der Waals surface area contributed by atoms with Crippen molar-refractivity contribution < 1.29 is 14.0 Å². The molecular weight excluding hydrogens is 313 g/mol. The van der Waals surface area contributed by atoms with E-state index in [1.54, 1.807) is 0 Å². The molecule has 2 N–H and O–H groups in total. The number of rotatable bonds is 6. The standard InChI is InChI=1S/C16H18FN5O2/c17-12-6-4-11(5-7-12)16(24)19-9-15(23)18-8-13-10-22(21-20-13)14-2-1-3-14/h4-7,10,14H,1-3,8-9H2,(H,18,23)(H,19,24). The summed E-state index contributed by atoms with van der Waals surface area (Å²) in [5, 5.41) is 13.2. The van der Waals surface area contributed by atoms with Crippen LogP contribution >= 0.6 is 0 Å². The summed E-state index contributed by atoms with van der Waals surface area (Å²) in [6.07, 6.45) is 5.28. The Morgan fingerprint density at radius 3 is 2.62 bits per heavy atom. The van der Waals surface area contributed by atoms with Gasteiger partial charge in [-0.3, -0.25) is 9.59 Å². The average Bonchev–Trinajstić information content (AvgIpc) is 2.98. The number of hydrogen-bond donors (Lipinski definition) is 2. The maximum atomic E-state index is 12.8. The number of benzene rings is 1. The number of halogens is 1. The van der Waals surface area contributed by atoms with Gasteiger partial charge < -0.3 is 10.6 Å². The maximum Gasteiger partial charge on any atom is 0.251 e. The van der Waals surface area contributed by atoms with Gasteiger partial charge in [0.15, 0.2) is 0 Å². The van der Waals surface area contributed by atoms with Crippen LogP contribution in [0.25, 0.3) is 0 Å². The SMILES string of the molecule is O=C(CNC(=O)c1ccc(F)cc1)NCc1cn(C2CCC2)nn1. The van der Waals surface area contributed by atoms with E-state index in [1.165, 1.54) is 30.7 Å². The molecule has 0 bridgehead atoms. The summed E-state index contributed by atoms with van der Waals surface area (Å²) in [6, 6.07) is 5.54. The largest absolute Gasteiger partial charge is 0.349 e. The van der Waals surface area contributed by atoms with Crippen LogP contribution in [0.15, 0.2) is 30.5 Å². The number of amides is 2. The predicted octanol–water partition coefficient (Wildman–Crippen LogP) is 1.19. The van der Waals surface area contributed by atoms with E-state index in [0.29, 0.717) is 17.3 Å². The molecule has 7 nitrogen and oxygen atoms in total. The van der Waals surface area contributed by atoms with Gasteiger partial charge in [-0.2, -0.15) is 0 Å². The average molecular weight is 331 g/mol. The minimum atomic E-state index is -0.430. The normalized spacial score (nSPS) is 14.0. The lowest BCUT2D eigenvalue weighted by Gasteiger charge is -2.24. The van der Waals surface area contributed by atoms with E-state index in [9.17, 15) is 14.0 Å². The molecule has 1 saturated carbocycles. The fourth-order valence-electron chi connectivity index (χ4n) is 2.34. The van der Waals surface area contributed by atoms with Crippen molar-refractivity contribution >= 4 is 11.8 Å². The first-order valence-electron chi connectivity index (χ1n) is 7.83. The molecule has 0 atom stereocenters. The molecule has 0 aliphatic heterocycles. The number of carbonyl (C=O) groups is 2. The molecule has 0 spiro atoms. The molecule has 1 aliphatic rings. The molecule has 2 aromatic rings. The minimum absolute atomic E-state index is 0.160. The Balaban J connectivity index is 1.41. The van der Waals surface area contributed by atoms with Crippen molar-refractivity contribution in [3.05, 3.63) is 47.5 Å². The van der Waals surface area contributed by atoms with Crippen molar-refractivity contribution in [3.8, 4) is 0 Å². The molecule has 24 heavy (non-hydrogen) atoms. The van der Waals surface area contributed by atoms with Gasteiger partial charge in [0.2, 0.25) is 5.91 Å². The lowest BCUT2D eigenvalue weighted by molar-refractivity contribution is -0.120. The van der Waals surface area contributed by atoms with E-state index in [0.717, 1.165) is 12.8 Å². The lowest BCUT2D eigenvalue weighted by atomic mass is 9.93. The number of nitrogens with zero attached hydrogens (tertiary/aromatic N) is 3. The highest BCUT2D eigenvalue weighted by Crippen LogP contribution is 2.30. The van der Waals surface area contributed by atoms with Gasteiger partial charge in [-0.25, -0.2) is 9.07 Å². The van der Waals surface area contributed by atoms with Crippen molar-refractivity contribution in [2.75, 3.05) is 6.54 Å². The summed E-state index contributed by atoms with van der Waals surface area (Å²) in [5.74, 6) is -1.18. The van der Waals surface area contributed by atoms with E-state index in [-0.39, 0.29) is 19.0 Å². The van der Waals surface area contributed by atoms with Gasteiger partial charge in [0.25, 0.3) is 5.91 Å². The van der Waals surface area contributed by atoms with E-state index in [2.05, 4.69) is 20.9 Å². The first-order chi connectivity index (χ1) is 11.6. The highest BCUT2D eigenvalue weighted by atomic mass is 19.1. The minimum Gasteiger partial charge on any atom is -0.349 e. The van der Waals surface area contributed by atoms with Crippen LogP contribution in [0.2, 0.25) is 0 Å². The summed E-state index contributed by atoms with van der Waals surface area (Å²) in [7, 11) is 0. The van der Waals surface area contributed by atoms with Crippen molar-refractivity contribution in [3.63, 3.8) is 0 Å². The van der Waals surface area contributed by atoms with E-state index < -0.39 is 11.7 Å². The van der Waals surface area contributed by atoms with Crippen molar-refractivity contribution in [2.45, 2.75) is 31.8 Å². The molecule has 0 radical (unpaired) electrons. The third kappa shape index (κ3) is 3.95. The van der Waals surface area contributed by atoms with E-state index in [1.807, 2.05) is 10.9 Å². The van der Waals surface area contributed by atoms with Crippen LogP contribution in [0, 0.1) is 5.82 Å². The third-order valence-corrected chi connectivity index (χ3v) is 3.99. The fraction of sp³-hybridized carbons (Fsp3) is 0.375. The van der Waals surface area contributed by atoms with E-state index >= 15 is 0 Å². The summed E-state index contributed by atoms with van der Waals surface area (Å²) in [4.78, 5) is 23.6. The van der Waals surface area contributed by atoms with Crippen LogP contribution in [0.5, 0.6) is 0 Å². The molecule has 0 unspecified atom stereocenters. The summed E-state index contributed by atoms with van der Waals surface area (Å²) in [6.45, 7) is 0.102. The van der Waals surface area contributed by atoms with Crippen molar-refractivity contribution in [1.82, 2.24) is 25.6 Å². The first kappa shape index (κ1) is 16.1. The zero-order valence-corrected chi connectivity index (χ0v) is 13.0. The molecular formula is C16H18FN5O2. The highest BCUT2D eigenvalue weighted by molar-refractivity contribution is 5.96. The number of nitrogens with one attached hydrogen (secondary N) is 2. The van der Waals surface area contributed by atoms with Crippen LogP contribution in [-0.2, 0) is 11.3 Å². The summed E-state index contributed by atoms with van der Waals surface area (Å²) in [5.41, 5.74) is 0.979. The Morgan fingerprint density at radius 1 is 1.21 bits per heavy atom. The van der Waals surface area contributed by atoms with Gasteiger partial charge in [-0.15, -0.1) is 5.10 Å². The van der Waals surface area contributed by atoms with Gasteiger partial charge in [-0.1, -0.05) is 5.21 Å². The first-order valence-corrected chi connectivity index (χ1v) is 7.83. The van der Waals surface area contributed by atoms with Gasteiger partial charge in [0.1, 0.15) is 11.5 Å². The molecule has 2 amide bonds. The molecule has 8 heteroatoms. The second-order valence-corrected chi connectivity index (χ2v) is 5.74. The molecule has 1 fully saturated rings. The Hall–Kier alpha value is -2.77. The Labute approximate surface area is 138 Å². The molecule has 0 saturated heterocycles. The van der Waals surface area contributed by atoms with E-state index in [4.69, 9.17) is 0 Å². The maximum absolute atomic E-state index is 12.8. The van der Waals surface area contributed by atoms with Gasteiger partial charge in [-0.05, 0) is 43.5 Å². The number of aromatic nitrogens is 3. The summed E-state index contributed by atoms with van der Waals surface area (Å²) < 4.78 is 14.6. The third-order valence-electron chi connectivity index (χ3n) is 3.99. The zero-order valence-electron chi connectivity index (χ0n) is 13.0. The predicted molar refractivity (Wildman–Crippen MR) is 83.5 cm³/mol. The Morgan fingerprint density at radius 2 is 1.96 bits per heavy atom. The molecule has 1 aliphatic carbocycles. The molecule has 1 heterocycles. The van der Waals surface area contributed by atoms with Gasteiger partial charge >= 0.3 is 0 Å². The highest BCUT2D eigenvalue weighted by Gasteiger charge is 2.20. The van der Waals surface area contributed by atoms with Gasteiger partial charge in [0, 0.05) is 5.56 Å². The van der Waals surface area contributed by atoms with Crippen LogP contribution in [0.3, 0.4) is 0 Å². The van der Waals surface area contributed by atoms with Crippen LogP contribution in [0.1, 0.15) is 41.4 Å². The second kappa shape index (κ2) is 7.20. The quantitative estimate of drug-likeness (QED) is 0.832. The summed E-state index contributed by atoms with van der Waals surface area (Å²) >= 11 is 0. The lowest BCUT2D eigenvalue weighted by Crippen LogP contribution is -2.36. The second-order valence-electron chi connectivity index (χ2n) is 5.74. The fourth-order valence-corrected chi connectivity index (χ4v) is 2.34. The zero-order chi connectivity index (χ0) is 16.9.